The highest BCUT2D eigenvalue weighted by atomic mass is 16.7. The maximum atomic E-state index is 12.1. The first-order valence-electron chi connectivity index (χ1n) is 17.5. The average molecular weight is 639 g/mol. The zero-order valence-electron chi connectivity index (χ0n) is 28.8. The van der Waals surface area contributed by atoms with Crippen LogP contribution in [0.3, 0.4) is 0 Å². The molecule has 45 heavy (non-hydrogen) atoms. The Morgan fingerprint density at radius 1 is 0.911 bits per heavy atom. The third-order valence-electron chi connectivity index (χ3n) is 14.5. The minimum Gasteiger partial charge on any atom is -0.394 e. The van der Waals surface area contributed by atoms with Gasteiger partial charge >= 0.3 is 0 Å². The molecule has 0 amide bonds. The van der Waals surface area contributed by atoms with Crippen molar-refractivity contribution >= 4 is 0 Å². The van der Waals surface area contributed by atoms with Crippen LogP contribution in [0, 0.1) is 45.3 Å². The molecule has 9 heteroatoms. The maximum Gasteiger partial charge on any atom is 0.187 e. The summed E-state index contributed by atoms with van der Waals surface area (Å²) in [7, 11) is 0. The lowest BCUT2D eigenvalue weighted by Gasteiger charge is -2.67. The van der Waals surface area contributed by atoms with Crippen molar-refractivity contribution in [1.82, 2.24) is 0 Å². The molecule has 4 aliphatic carbocycles. The number of ether oxygens (including phenoxy) is 2. The Balaban J connectivity index is 1.33. The van der Waals surface area contributed by atoms with Crippen LogP contribution in [-0.4, -0.2) is 97.0 Å². The van der Waals surface area contributed by atoms with E-state index in [1.165, 1.54) is 5.57 Å². The lowest BCUT2D eigenvalue weighted by atomic mass is 9.38. The summed E-state index contributed by atoms with van der Waals surface area (Å²) in [5.41, 5.74) is -0.481. The Morgan fingerprint density at radius 3 is 2.20 bits per heavy atom. The van der Waals surface area contributed by atoms with E-state index in [9.17, 15) is 35.7 Å². The Bertz CT molecular complexity index is 1100. The van der Waals surface area contributed by atoms with E-state index in [1.807, 2.05) is 0 Å². The smallest absolute Gasteiger partial charge is 0.187 e. The normalized spacial score (nSPS) is 49.4. The predicted octanol–water partition coefficient (Wildman–Crippen LogP) is 3.30. The van der Waals surface area contributed by atoms with Crippen molar-refractivity contribution in [3.05, 3.63) is 11.6 Å². The number of aliphatic hydroxyl groups excluding tert-OH is 6. The van der Waals surface area contributed by atoms with Gasteiger partial charge in [0.25, 0.3) is 0 Å². The summed E-state index contributed by atoms with van der Waals surface area (Å²) >= 11 is 0. The molecule has 4 fully saturated rings. The summed E-state index contributed by atoms with van der Waals surface area (Å²) < 4.78 is 11.7. The summed E-state index contributed by atoms with van der Waals surface area (Å²) in [4.78, 5) is 0. The molecule has 0 aromatic heterocycles. The van der Waals surface area contributed by atoms with E-state index in [4.69, 9.17) is 9.47 Å². The van der Waals surface area contributed by atoms with E-state index in [1.54, 1.807) is 13.8 Å². The first kappa shape index (κ1) is 35.7. The Morgan fingerprint density at radius 2 is 1.58 bits per heavy atom. The van der Waals surface area contributed by atoms with Gasteiger partial charge in [0, 0.05) is 10.8 Å². The van der Waals surface area contributed by atoms with Gasteiger partial charge in [0.2, 0.25) is 0 Å². The topological polar surface area (TPSA) is 160 Å². The fourth-order valence-electron chi connectivity index (χ4n) is 11.2. The molecule has 5 rings (SSSR count). The van der Waals surface area contributed by atoms with Crippen LogP contribution in [0.4, 0.5) is 0 Å². The Labute approximate surface area is 270 Å². The van der Waals surface area contributed by atoms with Crippen LogP contribution in [0.25, 0.3) is 0 Å². The van der Waals surface area contributed by atoms with Crippen LogP contribution in [0.15, 0.2) is 11.6 Å². The van der Waals surface area contributed by atoms with Crippen LogP contribution in [-0.2, 0) is 9.47 Å². The molecule has 0 aromatic carbocycles. The number of fused-ring (bicyclic) bond motifs is 5. The van der Waals surface area contributed by atoms with Crippen LogP contribution in [0.2, 0.25) is 0 Å². The Hall–Kier alpha value is -0.620. The molecule has 0 aromatic rings. The molecule has 5 aliphatic rings. The van der Waals surface area contributed by atoms with Gasteiger partial charge < -0.3 is 45.2 Å². The van der Waals surface area contributed by atoms with Crippen LogP contribution in [0.1, 0.15) is 107 Å². The molecule has 1 aliphatic heterocycles. The summed E-state index contributed by atoms with van der Waals surface area (Å²) in [5.74, 6) is 1.26. The summed E-state index contributed by atoms with van der Waals surface area (Å²) in [5, 5.41) is 74.7. The standard InChI is InChI=1S/C36H62O9/c1-19(9-14-27(33(4,5)43)45-31-30(42)29(41)28(40)23(18-37)44-31)20-15-16-34(6)24-12-10-21-22(11-13-25(38)32(21,2)3)36(24,8)26(39)17-35(20,34)7/h10,19-20,22-31,37-43H,9,11-18H2,1-8H3/t19-,20-,22-,23-,24-,25+,26-,27-,28-,29+,30-,31+,34+,35-,36+/m1/s1. The summed E-state index contributed by atoms with van der Waals surface area (Å²) in [6.45, 7) is 16.5. The quantitative estimate of drug-likeness (QED) is 0.198. The van der Waals surface area contributed by atoms with Gasteiger partial charge in [-0.25, -0.2) is 0 Å². The van der Waals surface area contributed by atoms with E-state index >= 15 is 0 Å². The number of rotatable bonds is 8. The van der Waals surface area contributed by atoms with E-state index in [0.717, 1.165) is 44.9 Å². The highest BCUT2D eigenvalue weighted by molar-refractivity contribution is 5.31. The Kier molecular flexibility index (Phi) is 9.56. The van der Waals surface area contributed by atoms with Crippen molar-refractivity contribution in [1.29, 1.82) is 0 Å². The van der Waals surface area contributed by atoms with Crippen LogP contribution < -0.4 is 0 Å². The molecular weight excluding hydrogens is 576 g/mol. The van der Waals surface area contributed by atoms with Gasteiger partial charge in [-0.3, -0.25) is 0 Å². The molecule has 260 valence electrons. The van der Waals surface area contributed by atoms with Gasteiger partial charge in [-0.05, 0) is 99.7 Å². The first-order valence-corrected chi connectivity index (χ1v) is 17.5. The zero-order chi connectivity index (χ0) is 33.5. The van der Waals surface area contributed by atoms with Crippen molar-refractivity contribution in [2.24, 2.45) is 45.3 Å². The predicted molar refractivity (Wildman–Crippen MR) is 170 cm³/mol. The molecule has 0 unspecified atom stereocenters. The summed E-state index contributed by atoms with van der Waals surface area (Å²) in [6, 6.07) is 0. The van der Waals surface area contributed by atoms with Gasteiger partial charge in [0.05, 0.1) is 30.5 Å². The summed E-state index contributed by atoms with van der Waals surface area (Å²) in [6.07, 6.45) is 0.736. The van der Waals surface area contributed by atoms with Gasteiger partial charge in [0.15, 0.2) is 6.29 Å². The SMILES string of the molecule is C[C@H](CC[C@@H](O[C@@H]1O[C@H](CO)[C@@H](O)[C@H](O)[C@H]1O)C(C)(C)O)[C@H]1CC[C@@]2(C)[C@H]3CC=C4[C@@H](CC[C@H](O)C4(C)C)[C@]3(C)[C@H](O)C[C@]12C. The monoisotopic (exact) mass is 638 g/mol. The number of hydrogen-bond donors (Lipinski definition) is 7. The number of aliphatic hydroxyl groups is 7. The van der Waals surface area contributed by atoms with Gasteiger partial charge in [-0.1, -0.05) is 53.2 Å². The second-order valence-corrected chi connectivity index (χ2v) is 17.4. The molecule has 0 spiro atoms. The molecule has 7 N–H and O–H groups in total. The third kappa shape index (κ3) is 5.48. The van der Waals surface area contributed by atoms with Crippen LogP contribution in [0.5, 0.6) is 0 Å². The average Bonchev–Trinajstić information content (AvgIpc) is 3.22. The largest absolute Gasteiger partial charge is 0.394 e. The highest BCUT2D eigenvalue weighted by Gasteiger charge is 2.70. The second-order valence-electron chi connectivity index (χ2n) is 17.4. The van der Waals surface area contributed by atoms with Crippen LogP contribution >= 0.6 is 0 Å². The van der Waals surface area contributed by atoms with E-state index < -0.39 is 55.1 Å². The van der Waals surface area contributed by atoms with E-state index in [0.29, 0.717) is 18.3 Å². The molecular formula is C36H62O9. The molecule has 9 nitrogen and oxygen atoms in total. The van der Waals surface area contributed by atoms with Crippen molar-refractivity contribution in [3.8, 4) is 0 Å². The molecule has 15 atom stereocenters. The van der Waals surface area contributed by atoms with Gasteiger partial charge in [0.1, 0.15) is 24.4 Å². The lowest BCUT2D eigenvalue weighted by Crippen LogP contribution is -2.64. The maximum absolute atomic E-state index is 12.1. The molecule has 3 saturated carbocycles. The minimum absolute atomic E-state index is 0.0463. The molecule has 1 saturated heterocycles. The fraction of sp³-hybridized carbons (Fsp3) is 0.944. The minimum atomic E-state index is -1.54. The van der Waals surface area contributed by atoms with E-state index in [-0.39, 0.29) is 39.6 Å². The fourth-order valence-corrected chi connectivity index (χ4v) is 11.2. The number of hydrogen-bond acceptors (Lipinski definition) is 9. The van der Waals surface area contributed by atoms with Crippen molar-refractivity contribution < 1.29 is 45.2 Å². The second kappa shape index (κ2) is 12.1. The van der Waals surface area contributed by atoms with Gasteiger partial charge in [-0.15, -0.1) is 0 Å². The zero-order valence-corrected chi connectivity index (χ0v) is 28.8. The van der Waals surface area contributed by atoms with Crippen molar-refractivity contribution in [3.63, 3.8) is 0 Å². The number of allylic oxidation sites excluding steroid dienone is 1. The lowest BCUT2D eigenvalue weighted by molar-refractivity contribution is -0.322. The molecule has 0 radical (unpaired) electrons. The van der Waals surface area contributed by atoms with Crippen molar-refractivity contribution in [2.75, 3.05) is 6.61 Å². The van der Waals surface area contributed by atoms with E-state index in [2.05, 4.69) is 47.6 Å². The van der Waals surface area contributed by atoms with Crippen molar-refractivity contribution in [2.45, 2.75) is 161 Å². The van der Waals surface area contributed by atoms with Gasteiger partial charge in [-0.2, -0.15) is 0 Å². The highest BCUT2D eigenvalue weighted by Crippen LogP contribution is 2.75. The first-order chi connectivity index (χ1) is 20.7. The third-order valence-corrected chi connectivity index (χ3v) is 14.5. The molecule has 0 bridgehead atoms. The molecule has 1 heterocycles.